The second kappa shape index (κ2) is 7.09. The first kappa shape index (κ1) is 14.6. The Kier molecular flexibility index (Phi) is 5.16. The summed E-state index contributed by atoms with van der Waals surface area (Å²) in [6, 6.07) is 1.89. The summed E-state index contributed by atoms with van der Waals surface area (Å²) in [5, 5.41) is 10.9. The van der Waals surface area contributed by atoms with Crippen LogP contribution >= 0.6 is 11.8 Å². The van der Waals surface area contributed by atoms with Crippen molar-refractivity contribution in [3.05, 3.63) is 17.8 Å². The van der Waals surface area contributed by atoms with Crippen LogP contribution < -0.4 is 10.6 Å². The number of nitrogens with one attached hydrogen (secondary N) is 2. The van der Waals surface area contributed by atoms with Gasteiger partial charge < -0.3 is 15.2 Å². The van der Waals surface area contributed by atoms with Gasteiger partial charge in [0.1, 0.15) is 11.6 Å². The quantitative estimate of drug-likeness (QED) is 0.592. The number of aryl methyl sites for hydroxylation is 1. The SMILES string of the molecule is CCNc1cc(NCCc2nc(C)no2)nc(SC)n1. The highest BCUT2D eigenvalue weighted by Crippen LogP contribution is 2.17. The molecule has 0 aliphatic carbocycles. The van der Waals surface area contributed by atoms with Gasteiger partial charge in [-0.05, 0) is 20.1 Å². The molecule has 0 saturated carbocycles. The van der Waals surface area contributed by atoms with Crippen LogP contribution in [0, 0.1) is 6.92 Å². The highest BCUT2D eigenvalue weighted by molar-refractivity contribution is 7.98. The second-order valence-corrected chi connectivity index (χ2v) is 4.84. The van der Waals surface area contributed by atoms with E-state index in [-0.39, 0.29) is 0 Å². The molecule has 0 atom stereocenters. The zero-order chi connectivity index (χ0) is 14.4. The molecule has 0 spiro atoms. The summed E-state index contributed by atoms with van der Waals surface area (Å²) in [5.74, 6) is 2.89. The highest BCUT2D eigenvalue weighted by atomic mass is 32.2. The molecule has 0 unspecified atom stereocenters. The zero-order valence-electron chi connectivity index (χ0n) is 11.8. The van der Waals surface area contributed by atoms with E-state index in [1.165, 1.54) is 11.8 Å². The van der Waals surface area contributed by atoms with Crippen LogP contribution in [0.3, 0.4) is 0 Å². The Bertz CT molecular complexity index is 559. The predicted molar refractivity (Wildman–Crippen MR) is 79.2 cm³/mol. The summed E-state index contributed by atoms with van der Waals surface area (Å²) in [6.45, 7) is 5.34. The normalized spacial score (nSPS) is 10.6. The van der Waals surface area contributed by atoms with Crippen molar-refractivity contribution in [3.8, 4) is 0 Å². The summed E-state index contributed by atoms with van der Waals surface area (Å²) in [6.07, 6.45) is 2.62. The molecule has 108 valence electrons. The maximum Gasteiger partial charge on any atom is 0.228 e. The largest absolute Gasteiger partial charge is 0.370 e. The fraction of sp³-hybridized carbons (Fsp3) is 0.500. The van der Waals surface area contributed by atoms with Gasteiger partial charge in [-0.15, -0.1) is 0 Å². The molecule has 2 aromatic heterocycles. The number of rotatable bonds is 7. The van der Waals surface area contributed by atoms with Crippen molar-refractivity contribution in [1.29, 1.82) is 0 Å². The van der Waals surface area contributed by atoms with E-state index in [0.717, 1.165) is 23.3 Å². The smallest absolute Gasteiger partial charge is 0.228 e. The van der Waals surface area contributed by atoms with E-state index >= 15 is 0 Å². The average Bonchev–Trinajstić information content (AvgIpc) is 2.84. The third-order valence-electron chi connectivity index (χ3n) is 2.46. The van der Waals surface area contributed by atoms with Gasteiger partial charge in [0, 0.05) is 25.6 Å². The van der Waals surface area contributed by atoms with Crippen molar-refractivity contribution in [3.63, 3.8) is 0 Å². The molecule has 0 fully saturated rings. The van der Waals surface area contributed by atoms with Crippen molar-refractivity contribution in [1.82, 2.24) is 20.1 Å². The molecular weight excluding hydrogens is 276 g/mol. The lowest BCUT2D eigenvalue weighted by Crippen LogP contribution is -2.09. The lowest BCUT2D eigenvalue weighted by molar-refractivity contribution is 0.377. The van der Waals surface area contributed by atoms with E-state index in [1.54, 1.807) is 6.92 Å². The number of hydrogen-bond acceptors (Lipinski definition) is 8. The molecule has 0 radical (unpaired) electrons. The van der Waals surface area contributed by atoms with E-state index in [9.17, 15) is 0 Å². The molecule has 20 heavy (non-hydrogen) atoms. The Labute approximate surface area is 122 Å². The molecular formula is C12H18N6OS. The Morgan fingerprint density at radius 1 is 1.20 bits per heavy atom. The van der Waals surface area contributed by atoms with Crippen molar-refractivity contribution in [2.45, 2.75) is 25.4 Å². The summed E-state index contributed by atoms with van der Waals surface area (Å²) < 4.78 is 5.06. The molecule has 0 aliphatic heterocycles. The first-order valence-electron chi connectivity index (χ1n) is 6.41. The fourth-order valence-electron chi connectivity index (χ4n) is 1.62. The first-order valence-corrected chi connectivity index (χ1v) is 7.63. The van der Waals surface area contributed by atoms with Gasteiger partial charge in [-0.3, -0.25) is 0 Å². The first-order chi connectivity index (χ1) is 9.71. The summed E-state index contributed by atoms with van der Waals surface area (Å²) >= 11 is 1.51. The number of aromatic nitrogens is 4. The van der Waals surface area contributed by atoms with Gasteiger partial charge in [-0.2, -0.15) is 4.98 Å². The topological polar surface area (TPSA) is 88.8 Å². The van der Waals surface area contributed by atoms with Crippen LogP contribution in [0.15, 0.2) is 15.7 Å². The zero-order valence-corrected chi connectivity index (χ0v) is 12.6. The second-order valence-electron chi connectivity index (χ2n) is 4.07. The maximum absolute atomic E-state index is 5.06. The molecule has 0 amide bonds. The molecule has 2 aromatic rings. The third kappa shape index (κ3) is 4.09. The minimum absolute atomic E-state index is 0.626. The summed E-state index contributed by atoms with van der Waals surface area (Å²) in [7, 11) is 0. The summed E-state index contributed by atoms with van der Waals surface area (Å²) in [5.41, 5.74) is 0. The van der Waals surface area contributed by atoms with Gasteiger partial charge in [-0.1, -0.05) is 16.9 Å². The standard InChI is InChI=1S/C12H18N6OS/c1-4-13-9-7-10(17-12(16-9)20-3)14-6-5-11-15-8(2)18-19-11/h7H,4-6H2,1-3H3,(H2,13,14,16,17). The van der Waals surface area contributed by atoms with Gasteiger partial charge in [0.05, 0.1) is 0 Å². The minimum Gasteiger partial charge on any atom is -0.370 e. The van der Waals surface area contributed by atoms with Crippen LogP contribution in [0.1, 0.15) is 18.6 Å². The van der Waals surface area contributed by atoms with Gasteiger partial charge >= 0.3 is 0 Å². The molecule has 0 aliphatic rings. The van der Waals surface area contributed by atoms with Crippen LogP contribution in [0.4, 0.5) is 11.6 Å². The molecule has 0 saturated heterocycles. The molecule has 2 N–H and O–H groups in total. The Balaban J connectivity index is 1.95. The predicted octanol–water partition coefficient (Wildman–Crippen LogP) is 1.98. The average molecular weight is 294 g/mol. The molecule has 2 heterocycles. The van der Waals surface area contributed by atoms with Gasteiger partial charge in [0.15, 0.2) is 11.0 Å². The lowest BCUT2D eigenvalue weighted by Gasteiger charge is -2.08. The van der Waals surface area contributed by atoms with Crippen molar-refractivity contribution >= 4 is 23.4 Å². The molecule has 0 aromatic carbocycles. The van der Waals surface area contributed by atoms with Crippen molar-refractivity contribution in [2.75, 3.05) is 30.0 Å². The number of hydrogen-bond donors (Lipinski definition) is 2. The molecule has 8 heteroatoms. The third-order valence-corrected chi connectivity index (χ3v) is 3.01. The van der Waals surface area contributed by atoms with Crippen LogP contribution in [-0.2, 0) is 6.42 Å². The Morgan fingerprint density at radius 2 is 1.95 bits per heavy atom. The fourth-order valence-corrected chi connectivity index (χ4v) is 2.00. The Hall–Kier alpha value is -1.83. The number of nitrogens with zero attached hydrogens (tertiary/aromatic N) is 4. The number of thioether (sulfide) groups is 1. The monoisotopic (exact) mass is 294 g/mol. The van der Waals surface area contributed by atoms with Crippen LogP contribution in [0.25, 0.3) is 0 Å². The van der Waals surface area contributed by atoms with Gasteiger partial charge in [-0.25, -0.2) is 9.97 Å². The van der Waals surface area contributed by atoms with E-state index in [4.69, 9.17) is 4.52 Å². The van der Waals surface area contributed by atoms with Crippen molar-refractivity contribution in [2.24, 2.45) is 0 Å². The lowest BCUT2D eigenvalue weighted by atomic mass is 10.4. The minimum atomic E-state index is 0.626. The highest BCUT2D eigenvalue weighted by Gasteiger charge is 2.05. The van der Waals surface area contributed by atoms with Crippen LogP contribution in [0.5, 0.6) is 0 Å². The summed E-state index contributed by atoms with van der Waals surface area (Å²) in [4.78, 5) is 12.9. The van der Waals surface area contributed by atoms with E-state index in [2.05, 4.69) is 30.7 Å². The van der Waals surface area contributed by atoms with Crippen molar-refractivity contribution < 1.29 is 4.52 Å². The van der Waals surface area contributed by atoms with E-state index < -0.39 is 0 Å². The van der Waals surface area contributed by atoms with Crippen LogP contribution in [0.2, 0.25) is 0 Å². The van der Waals surface area contributed by atoms with Gasteiger partial charge in [0.25, 0.3) is 0 Å². The maximum atomic E-state index is 5.06. The molecule has 2 rings (SSSR count). The van der Waals surface area contributed by atoms with Gasteiger partial charge in [0.2, 0.25) is 5.89 Å². The van der Waals surface area contributed by atoms with Crippen LogP contribution in [-0.4, -0.2) is 39.5 Å². The molecule has 7 nitrogen and oxygen atoms in total. The number of anilines is 2. The van der Waals surface area contributed by atoms with E-state index in [0.29, 0.717) is 24.7 Å². The Morgan fingerprint density at radius 3 is 2.55 bits per heavy atom. The van der Waals surface area contributed by atoms with E-state index in [1.807, 2.05) is 19.2 Å². The molecule has 0 bridgehead atoms.